The van der Waals surface area contributed by atoms with E-state index in [4.69, 9.17) is 4.74 Å². The summed E-state index contributed by atoms with van der Waals surface area (Å²) >= 11 is 0. The molecule has 0 bridgehead atoms. The Labute approximate surface area is 115 Å². The number of ether oxygens (including phenoxy) is 1. The van der Waals surface area contributed by atoms with Crippen LogP contribution in [0.5, 0.6) is 5.75 Å². The van der Waals surface area contributed by atoms with Gasteiger partial charge in [-0.1, -0.05) is 51.8 Å². The molecule has 0 radical (unpaired) electrons. The second kappa shape index (κ2) is 7.95. The van der Waals surface area contributed by atoms with E-state index in [2.05, 4.69) is 6.92 Å². The predicted octanol–water partition coefficient (Wildman–Crippen LogP) is 3.42. The van der Waals surface area contributed by atoms with E-state index in [9.17, 15) is 9.90 Å². The van der Waals surface area contributed by atoms with E-state index in [1.165, 1.54) is 0 Å². The Hall–Kier alpha value is -1.35. The van der Waals surface area contributed by atoms with Gasteiger partial charge in [-0.2, -0.15) is 0 Å². The summed E-state index contributed by atoms with van der Waals surface area (Å²) in [6, 6.07) is 9.00. The second-order valence-electron chi connectivity index (χ2n) is 5.21. The summed E-state index contributed by atoms with van der Waals surface area (Å²) in [6.07, 6.45) is 1.94. The predicted molar refractivity (Wildman–Crippen MR) is 75.9 cm³/mol. The monoisotopic (exact) mass is 264 g/mol. The van der Waals surface area contributed by atoms with Crippen LogP contribution in [0.15, 0.2) is 30.3 Å². The van der Waals surface area contributed by atoms with Crippen molar-refractivity contribution >= 4 is 5.97 Å². The lowest BCUT2D eigenvalue weighted by Crippen LogP contribution is -2.35. The summed E-state index contributed by atoms with van der Waals surface area (Å²) in [5.74, 6) is -0.222. The number of rotatable bonds is 7. The minimum Gasteiger partial charge on any atom is -0.426 e. The van der Waals surface area contributed by atoms with Crippen LogP contribution in [0, 0.1) is 11.8 Å². The van der Waals surface area contributed by atoms with Crippen molar-refractivity contribution in [2.45, 2.75) is 46.1 Å². The highest BCUT2D eigenvalue weighted by atomic mass is 16.5. The summed E-state index contributed by atoms with van der Waals surface area (Å²) in [5.41, 5.74) is 0. The van der Waals surface area contributed by atoms with Crippen molar-refractivity contribution in [2.24, 2.45) is 11.8 Å². The van der Waals surface area contributed by atoms with Gasteiger partial charge in [0, 0.05) is 0 Å². The molecule has 19 heavy (non-hydrogen) atoms. The second-order valence-corrected chi connectivity index (χ2v) is 5.21. The summed E-state index contributed by atoms with van der Waals surface area (Å²) in [6.45, 7) is 5.94. The van der Waals surface area contributed by atoms with Crippen LogP contribution in [0.25, 0.3) is 0 Å². The van der Waals surface area contributed by atoms with Crippen LogP contribution in [-0.2, 0) is 4.79 Å². The average molecular weight is 264 g/mol. The summed E-state index contributed by atoms with van der Waals surface area (Å²) in [5, 5.41) is 10.2. The molecule has 3 nitrogen and oxygen atoms in total. The minimum atomic E-state index is -0.629. The molecule has 0 aliphatic carbocycles. The van der Waals surface area contributed by atoms with Gasteiger partial charge in [0.1, 0.15) is 5.75 Å². The van der Waals surface area contributed by atoms with E-state index >= 15 is 0 Å². The fourth-order valence-corrected chi connectivity index (χ4v) is 2.14. The van der Waals surface area contributed by atoms with Gasteiger partial charge in [0.05, 0.1) is 12.0 Å². The molecule has 0 spiro atoms. The van der Waals surface area contributed by atoms with Crippen molar-refractivity contribution in [3.63, 3.8) is 0 Å². The zero-order valence-electron chi connectivity index (χ0n) is 12.0. The number of carbonyl (C=O) groups excluding carboxylic acids is 1. The van der Waals surface area contributed by atoms with Gasteiger partial charge in [-0.3, -0.25) is 4.79 Å². The molecule has 0 fully saturated rings. The van der Waals surface area contributed by atoms with Crippen molar-refractivity contribution in [1.82, 2.24) is 0 Å². The van der Waals surface area contributed by atoms with E-state index in [1.54, 1.807) is 12.1 Å². The van der Waals surface area contributed by atoms with Crippen molar-refractivity contribution in [3.8, 4) is 5.75 Å². The Balaban J connectivity index is 2.68. The quantitative estimate of drug-likeness (QED) is 0.606. The van der Waals surface area contributed by atoms with Gasteiger partial charge in [-0.05, 0) is 24.5 Å². The van der Waals surface area contributed by atoms with Crippen LogP contribution < -0.4 is 4.74 Å². The molecular formula is C16H24O3. The van der Waals surface area contributed by atoms with Gasteiger partial charge < -0.3 is 9.84 Å². The van der Waals surface area contributed by atoms with Crippen LogP contribution in [-0.4, -0.2) is 17.2 Å². The van der Waals surface area contributed by atoms with Gasteiger partial charge in [0.25, 0.3) is 0 Å². The third-order valence-corrected chi connectivity index (χ3v) is 3.22. The first-order chi connectivity index (χ1) is 9.06. The number of carbonyl (C=O) groups is 1. The van der Waals surface area contributed by atoms with Gasteiger partial charge in [-0.15, -0.1) is 0 Å². The molecule has 2 unspecified atom stereocenters. The van der Waals surface area contributed by atoms with Gasteiger partial charge in [-0.25, -0.2) is 0 Å². The first kappa shape index (κ1) is 15.7. The Morgan fingerprint density at radius 3 is 2.42 bits per heavy atom. The maximum Gasteiger partial charge on any atom is 0.317 e. The zero-order chi connectivity index (χ0) is 14.3. The van der Waals surface area contributed by atoms with Crippen LogP contribution in [0.4, 0.5) is 0 Å². The van der Waals surface area contributed by atoms with Crippen molar-refractivity contribution in [1.29, 1.82) is 0 Å². The number of hydrogen-bond acceptors (Lipinski definition) is 3. The molecule has 1 aromatic carbocycles. The molecule has 0 aliphatic heterocycles. The molecule has 0 aromatic heterocycles. The van der Waals surface area contributed by atoms with E-state index in [0.29, 0.717) is 12.2 Å². The number of aliphatic hydroxyl groups is 1. The lowest BCUT2D eigenvalue weighted by Gasteiger charge is -2.24. The highest BCUT2D eigenvalue weighted by Crippen LogP contribution is 2.22. The topological polar surface area (TPSA) is 46.5 Å². The molecule has 1 rings (SSSR count). The SMILES string of the molecule is CCCCC(O)C(C(=O)Oc1ccccc1)C(C)C. The van der Waals surface area contributed by atoms with E-state index in [-0.39, 0.29) is 11.9 Å². The number of para-hydroxylation sites is 1. The van der Waals surface area contributed by atoms with Crippen molar-refractivity contribution < 1.29 is 14.6 Å². The lowest BCUT2D eigenvalue weighted by atomic mass is 9.88. The minimum absolute atomic E-state index is 0.0584. The zero-order valence-corrected chi connectivity index (χ0v) is 12.0. The largest absolute Gasteiger partial charge is 0.426 e. The Morgan fingerprint density at radius 1 is 1.26 bits per heavy atom. The van der Waals surface area contributed by atoms with Gasteiger partial charge >= 0.3 is 5.97 Å². The summed E-state index contributed by atoms with van der Waals surface area (Å²) in [4.78, 5) is 12.2. The molecule has 1 N–H and O–H groups in total. The van der Waals surface area contributed by atoms with Crippen molar-refractivity contribution in [3.05, 3.63) is 30.3 Å². The number of benzene rings is 1. The van der Waals surface area contributed by atoms with Crippen LogP contribution >= 0.6 is 0 Å². The normalized spacial score (nSPS) is 14.2. The Morgan fingerprint density at radius 2 is 1.89 bits per heavy atom. The molecule has 0 saturated carbocycles. The molecule has 2 atom stereocenters. The van der Waals surface area contributed by atoms with E-state index in [1.807, 2.05) is 32.0 Å². The standard InChI is InChI=1S/C16H24O3/c1-4-5-11-14(17)15(12(2)3)16(18)19-13-9-7-6-8-10-13/h6-10,12,14-15,17H,4-5,11H2,1-3H3. The molecular weight excluding hydrogens is 240 g/mol. The molecule has 0 aliphatic rings. The highest BCUT2D eigenvalue weighted by Gasteiger charge is 2.31. The first-order valence-electron chi connectivity index (χ1n) is 7.01. The number of esters is 1. The lowest BCUT2D eigenvalue weighted by molar-refractivity contribution is -0.145. The van der Waals surface area contributed by atoms with Gasteiger partial charge in [0.2, 0.25) is 0 Å². The number of aliphatic hydroxyl groups excluding tert-OH is 1. The average Bonchev–Trinajstić information content (AvgIpc) is 2.37. The third kappa shape index (κ3) is 5.03. The van der Waals surface area contributed by atoms with E-state index in [0.717, 1.165) is 12.8 Å². The molecule has 106 valence electrons. The van der Waals surface area contributed by atoms with Gasteiger partial charge in [0.15, 0.2) is 0 Å². The molecule has 0 heterocycles. The smallest absolute Gasteiger partial charge is 0.317 e. The Kier molecular flexibility index (Phi) is 6.57. The van der Waals surface area contributed by atoms with E-state index < -0.39 is 12.0 Å². The number of unbranched alkanes of at least 4 members (excludes halogenated alkanes) is 1. The summed E-state index contributed by atoms with van der Waals surface area (Å²) < 4.78 is 5.34. The maximum atomic E-state index is 12.2. The molecule has 1 aromatic rings. The Bertz CT molecular complexity index is 373. The fourth-order valence-electron chi connectivity index (χ4n) is 2.14. The van der Waals surface area contributed by atoms with Crippen LogP contribution in [0.2, 0.25) is 0 Å². The molecule has 3 heteroatoms. The first-order valence-corrected chi connectivity index (χ1v) is 7.01. The summed E-state index contributed by atoms with van der Waals surface area (Å²) in [7, 11) is 0. The van der Waals surface area contributed by atoms with Crippen LogP contribution in [0.3, 0.4) is 0 Å². The van der Waals surface area contributed by atoms with Crippen LogP contribution in [0.1, 0.15) is 40.0 Å². The molecule has 0 amide bonds. The number of hydrogen-bond donors (Lipinski definition) is 1. The third-order valence-electron chi connectivity index (χ3n) is 3.22. The fraction of sp³-hybridized carbons (Fsp3) is 0.562. The maximum absolute atomic E-state index is 12.2. The van der Waals surface area contributed by atoms with Crippen molar-refractivity contribution in [2.75, 3.05) is 0 Å². The highest BCUT2D eigenvalue weighted by molar-refractivity contribution is 5.76. The molecule has 0 saturated heterocycles.